The number of amides is 2. The molecule has 7 nitrogen and oxygen atoms in total. The van der Waals surface area contributed by atoms with E-state index in [1.807, 2.05) is 37.3 Å². The third-order valence-electron chi connectivity index (χ3n) is 5.94. The Kier molecular flexibility index (Phi) is 5.59. The molecule has 9 heteroatoms. The first-order valence-corrected chi connectivity index (χ1v) is 12.4. The van der Waals surface area contributed by atoms with Crippen LogP contribution < -0.4 is 16.6 Å². The Bertz CT molecular complexity index is 1450. The number of thiophene rings is 2. The summed E-state index contributed by atoms with van der Waals surface area (Å²) in [6.45, 7) is 1.71. The summed E-state index contributed by atoms with van der Waals surface area (Å²) in [7, 11) is 0. The molecule has 0 unspecified atom stereocenters. The molecular weight excluding hydrogens is 456 g/mol. The van der Waals surface area contributed by atoms with E-state index in [9.17, 15) is 14.4 Å². The number of nitrogens with zero attached hydrogens (tertiary/aromatic N) is 2. The van der Waals surface area contributed by atoms with Crippen LogP contribution in [0.4, 0.5) is 5.00 Å². The lowest BCUT2D eigenvalue weighted by Crippen LogP contribution is -2.28. The number of nitrogens with one attached hydrogen (secondary N) is 1. The maximum absolute atomic E-state index is 13.2. The summed E-state index contributed by atoms with van der Waals surface area (Å²) in [5, 5.41) is 3.81. The highest BCUT2D eigenvalue weighted by Crippen LogP contribution is 2.38. The monoisotopic (exact) mass is 478 g/mol. The largest absolute Gasteiger partial charge is 0.365 e. The normalized spacial score (nSPS) is 13.1. The number of fused-ring (bicyclic) bond motifs is 2. The Morgan fingerprint density at radius 2 is 1.91 bits per heavy atom. The number of hydrogen-bond acceptors (Lipinski definition) is 6. The van der Waals surface area contributed by atoms with Crippen LogP contribution in [-0.4, -0.2) is 21.4 Å². The first-order chi connectivity index (χ1) is 15.9. The minimum absolute atomic E-state index is 0.196. The van der Waals surface area contributed by atoms with E-state index in [2.05, 4.69) is 10.3 Å². The maximum atomic E-state index is 13.2. The molecule has 0 bridgehead atoms. The van der Waals surface area contributed by atoms with Crippen LogP contribution in [-0.2, 0) is 24.2 Å². The minimum atomic E-state index is -0.535. The fourth-order valence-corrected chi connectivity index (χ4v) is 6.83. The van der Waals surface area contributed by atoms with Crippen molar-refractivity contribution in [1.29, 1.82) is 0 Å². The van der Waals surface area contributed by atoms with Crippen LogP contribution in [0, 0.1) is 6.92 Å². The third kappa shape index (κ3) is 3.87. The van der Waals surface area contributed by atoms with E-state index < -0.39 is 11.8 Å². The second-order valence-corrected chi connectivity index (χ2v) is 10.2. The number of anilines is 1. The zero-order chi connectivity index (χ0) is 23.1. The average Bonchev–Trinajstić information content (AvgIpc) is 3.34. The van der Waals surface area contributed by atoms with Gasteiger partial charge in [-0.2, -0.15) is 0 Å². The van der Waals surface area contributed by atoms with Gasteiger partial charge in [0.25, 0.3) is 11.5 Å². The highest BCUT2D eigenvalue weighted by atomic mass is 32.1. The number of aromatic nitrogens is 2. The molecule has 168 valence electrons. The summed E-state index contributed by atoms with van der Waals surface area (Å²) in [6, 6.07) is 9.86. The molecule has 0 spiro atoms. The molecule has 0 aliphatic heterocycles. The van der Waals surface area contributed by atoms with Crippen LogP contribution in [0.1, 0.15) is 39.2 Å². The van der Waals surface area contributed by atoms with E-state index in [1.165, 1.54) is 33.6 Å². The number of primary amides is 1. The number of carbonyl (C=O) groups excluding carboxylic acids is 2. The van der Waals surface area contributed by atoms with Gasteiger partial charge in [-0.3, -0.25) is 19.0 Å². The van der Waals surface area contributed by atoms with Crippen molar-refractivity contribution in [3.05, 3.63) is 68.6 Å². The van der Waals surface area contributed by atoms with Crippen LogP contribution in [0.3, 0.4) is 0 Å². The highest BCUT2D eigenvalue weighted by molar-refractivity contribution is 7.22. The van der Waals surface area contributed by atoms with Crippen molar-refractivity contribution in [2.45, 2.75) is 39.2 Å². The number of carbonyl (C=O) groups is 2. The number of rotatable bonds is 5. The number of hydrogen-bond donors (Lipinski definition) is 2. The molecule has 1 aromatic carbocycles. The van der Waals surface area contributed by atoms with Gasteiger partial charge in [-0.05, 0) is 49.3 Å². The van der Waals surface area contributed by atoms with E-state index >= 15 is 0 Å². The van der Waals surface area contributed by atoms with Crippen LogP contribution in [0.25, 0.3) is 20.7 Å². The zero-order valence-electron chi connectivity index (χ0n) is 18.0. The standard InChI is InChI=1S/C24H22N4O3S2/c1-13-18-22(33-20(13)14-7-3-2-4-8-14)26-12-28(24(18)31)11-17(29)27-23-19(21(25)30)15-9-5-6-10-16(15)32-23/h2-4,7-8,12H,5-6,9-11H2,1H3,(H2,25,30)(H,27,29). The molecule has 0 radical (unpaired) electrons. The lowest BCUT2D eigenvalue weighted by molar-refractivity contribution is -0.116. The van der Waals surface area contributed by atoms with Gasteiger partial charge in [-0.15, -0.1) is 22.7 Å². The van der Waals surface area contributed by atoms with Gasteiger partial charge in [0.05, 0.1) is 17.3 Å². The van der Waals surface area contributed by atoms with Gasteiger partial charge < -0.3 is 11.1 Å². The Balaban J connectivity index is 1.44. The molecule has 0 saturated heterocycles. The number of nitrogens with two attached hydrogens (primary N) is 1. The fraction of sp³-hybridized carbons (Fsp3) is 0.250. The molecule has 1 aliphatic rings. The van der Waals surface area contributed by atoms with Crippen molar-refractivity contribution < 1.29 is 9.59 Å². The third-order valence-corrected chi connectivity index (χ3v) is 8.39. The Hall–Kier alpha value is -3.30. The lowest BCUT2D eigenvalue weighted by Gasteiger charge is -2.11. The van der Waals surface area contributed by atoms with E-state index in [1.54, 1.807) is 0 Å². The molecule has 1 aliphatic carbocycles. The molecule has 3 N–H and O–H groups in total. The molecule has 0 atom stereocenters. The van der Waals surface area contributed by atoms with Crippen molar-refractivity contribution in [2.75, 3.05) is 5.32 Å². The molecule has 2 amide bonds. The van der Waals surface area contributed by atoms with Crippen molar-refractivity contribution in [1.82, 2.24) is 9.55 Å². The summed E-state index contributed by atoms with van der Waals surface area (Å²) in [5.41, 5.74) is 8.61. The Morgan fingerprint density at radius 1 is 1.15 bits per heavy atom. The van der Waals surface area contributed by atoms with Gasteiger partial charge >= 0.3 is 0 Å². The maximum Gasteiger partial charge on any atom is 0.262 e. The topological polar surface area (TPSA) is 107 Å². The Labute approximate surface area is 197 Å². The van der Waals surface area contributed by atoms with Gasteiger partial charge in [-0.1, -0.05) is 30.3 Å². The smallest absolute Gasteiger partial charge is 0.262 e. The van der Waals surface area contributed by atoms with Crippen molar-refractivity contribution in [2.24, 2.45) is 5.73 Å². The predicted octanol–water partition coefficient (Wildman–Crippen LogP) is 4.11. The molecule has 3 heterocycles. The zero-order valence-corrected chi connectivity index (χ0v) is 19.6. The van der Waals surface area contributed by atoms with Crippen LogP contribution in [0.15, 0.2) is 41.5 Å². The molecule has 33 heavy (non-hydrogen) atoms. The first-order valence-electron chi connectivity index (χ1n) is 10.7. The fourth-order valence-electron chi connectivity index (χ4n) is 4.37. The highest BCUT2D eigenvalue weighted by Gasteiger charge is 2.25. The van der Waals surface area contributed by atoms with Gasteiger partial charge in [0.1, 0.15) is 16.4 Å². The van der Waals surface area contributed by atoms with E-state index in [4.69, 9.17) is 5.73 Å². The second kappa shape index (κ2) is 8.57. The summed E-state index contributed by atoms with van der Waals surface area (Å²) < 4.78 is 1.31. The van der Waals surface area contributed by atoms with Crippen molar-refractivity contribution in [3.63, 3.8) is 0 Å². The summed E-state index contributed by atoms with van der Waals surface area (Å²) in [5.74, 6) is -0.928. The molecule has 3 aromatic heterocycles. The minimum Gasteiger partial charge on any atom is -0.365 e. The summed E-state index contributed by atoms with van der Waals surface area (Å²) in [6.07, 6.45) is 5.15. The number of benzene rings is 1. The SMILES string of the molecule is Cc1c(-c2ccccc2)sc2ncn(CC(=O)Nc3sc4c(c3C(N)=O)CCCC4)c(=O)c12. The first kappa shape index (κ1) is 21.5. The van der Waals surface area contributed by atoms with Crippen molar-refractivity contribution in [3.8, 4) is 10.4 Å². The Morgan fingerprint density at radius 3 is 2.67 bits per heavy atom. The van der Waals surface area contributed by atoms with Gasteiger partial charge in [0, 0.05) is 9.75 Å². The lowest BCUT2D eigenvalue weighted by atomic mass is 9.95. The second-order valence-electron chi connectivity index (χ2n) is 8.11. The molecule has 0 saturated carbocycles. The summed E-state index contributed by atoms with van der Waals surface area (Å²) in [4.78, 5) is 45.3. The van der Waals surface area contributed by atoms with E-state index in [-0.39, 0.29) is 12.1 Å². The number of aryl methyl sites for hydroxylation is 2. The van der Waals surface area contributed by atoms with E-state index in [0.717, 1.165) is 52.1 Å². The van der Waals surface area contributed by atoms with Crippen LogP contribution in [0.2, 0.25) is 0 Å². The van der Waals surface area contributed by atoms with Gasteiger partial charge in [0.15, 0.2) is 0 Å². The molecule has 0 fully saturated rings. The summed E-state index contributed by atoms with van der Waals surface area (Å²) >= 11 is 2.87. The molecule has 4 aromatic rings. The van der Waals surface area contributed by atoms with E-state index in [0.29, 0.717) is 20.8 Å². The van der Waals surface area contributed by atoms with Gasteiger partial charge in [-0.25, -0.2) is 4.98 Å². The van der Waals surface area contributed by atoms with Gasteiger partial charge in [0.2, 0.25) is 5.91 Å². The van der Waals surface area contributed by atoms with Crippen LogP contribution in [0.5, 0.6) is 0 Å². The predicted molar refractivity (Wildman–Crippen MR) is 132 cm³/mol. The van der Waals surface area contributed by atoms with Crippen LogP contribution >= 0.6 is 22.7 Å². The van der Waals surface area contributed by atoms with Crippen molar-refractivity contribution >= 4 is 49.7 Å². The molecule has 5 rings (SSSR count). The average molecular weight is 479 g/mol. The molecular formula is C24H22N4O3S2. The quantitative estimate of drug-likeness (QED) is 0.450.